The second kappa shape index (κ2) is 10.1. The number of methoxy groups -OCH3 is 1. The van der Waals surface area contributed by atoms with Crippen LogP contribution in [0.25, 0.3) is 0 Å². The molecule has 0 unspecified atom stereocenters. The van der Waals surface area contributed by atoms with Crippen LogP contribution in [0.1, 0.15) is 25.8 Å². The number of carbonyl (C=O) groups excluding carboxylic acids is 2. The lowest BCUT2D eigenvalue weighted by Crippen LogP contribution is -2.54. The summed E-state index contributed by atoms with van der Waals surface area (Å²) in [6.07, 6.45) is 0.360. The summed E-state index contributed by atoms with van der Waals surface area (Å²) >= 11 is 6.04. The van der Waals surface area contributed by atoms with Gasteiger partial charge in [0.05, 0.1) is 18.2 Å². The van der Waals surface area contributed by atoms with Gasteiger partial charge in [0.1, 0.15) is 5.75 Å². The molecule has 6 nitrogen and oxygen atoms in total. The predicted octanol–water partition coefficient (Wildman–Crippen LogP) is 3.80. The first-order valence-electron chi connectivity index (χ1n) is 10.5. The highest BCUT2D eigenvalue weighted by atomic mass is 35.5. The van der Waals surface area contributed by atoms with Gasteiger partial charge >= 0.3 is 0 Å². The number of rotatable bonds is 7. The molecule has 0 aromatic heterocycles. The summed E-state index contributed by atoms with van der Waals surface area (Å²) in [5.74, 6) is 0.855. The molecule has 0 atom stereocenters. The van der Waals surface area contributed by atoms with Crippen molar-refractivity contribution in [3.05, 3.63) is 59.1 Å². The van der Waals surface area contributed by atoms with E-state index in [0.29, 0.717) is 49.9 Å². The molecular weight excluding hydrogens is 414 g/mol. The van der Waals surface area contributed by atoms with E-state index in [1.54, 1.807) is 25.3 Å². The minimum Gasteiger partial charge on any atom is -0.495 e. The molecule has 2 aromatic rings. The van der Waals surface area contributed by atoms with E-state index in [4.69, 9.17) is 16.3 Å². The van der Waals surface area contributed by atoms with Gasteiger partial charge in [0, 0.05) is 44.2 Å². The number of piperazine rings is 1. The fourth-order valence-electron chi connectivity index (χ4n) is 3.81. The lowest BCUT2D eigenvalue weighted by atomic mass is 9.83. The van der Waals surface area contributed by atoms with Crippen molar-refractivity contribution in [1.82, 2.24) is 9.80 Å². The van der Waals surface area contributed by atoms with Crippen molar-refractivity contribution in [3.8, 4) is 5.75 Å². The van der Waals surface area contributed by atoms with Crippen LogP contribution in [0.2, 0.25) is 5.02 Å². The highest BCUT2D eigenvalue weighted by Gasteiger charge is 2.35. The van der Waals surface area contributed by atoms with Gasteiger partial charge in [0.25, 0.3) is 0 Å². The van der Waals surface area contributed by atoms with Crippen LogP contribution in [0, 0.1) is 0 Å². The molecule has 0 aliphatic carbocycles. The molecule has 0 saturated carbocycles. The Bertz CT molecular complexity index is 910. The van der Waals surface area contributed by atoms with E-state index in [9.17, 15) is 9.59 Å². The Morgan fingerprint density at radius 2 is 1.68 bits per heavy atom. The van der Waals surface area contributed by atoms with Crippen molar-refractivity contribution in [2.45, 2.75) is 25.7 Å². The van der Waals surface area contributed by atoms with Gasteiger partial charge in [-0.3, -0.25) is 9.59 Å². The monoisotopic (exact) mass is 443 g/mol. The molecule has 2 aromatic carbocycles. The average Bonchev–Trinajstić information content (AvgIpc) is 2.79. The molecule has 31 heavy (non-hydrogen) atoms. The van der Waals surface area contributed by atoms with Gasteiger partial charge in [-0.15, -0.1) is 0 Å². The maximum atomic E-state index is 13.1. The summed E-state index contributed by atoms with van der Waals surface area (Å²) in [6, 6.07) is 15.2. The lowest BCUT2D eigenvalue weighted by Gasteiger charge is -2.39. The normalized spacial score (nSPS) is 14.3. The predicted molar refractivity (Wildman–Crippen MR) is 124 cm³/mol. The maximum Gasteiger partial charge on any atom is 0.232 e. The van der Waals surface area contributed by atoms with Crippen molar-refractivity contribution < 1.29 is 14.3 Å². The lowest BCUT2D eigenvalue weighted by molar-refractivity contribution is -0.142. The molecule has 1 N–H and O–H groups in total. The molecule has 2 amide bonds. The largest absolute Gasteiger partial charge is 0.495 e. The number of nitrogens with one attached hydrogen (secondary N) is 1. The Labute approximate surface area is 189 Å². The van der Waals surface area contributed by atoms with E-state index in [1.165, 1.54) is 0 Å². The minimum atomic E-state index is -0.590. The van der Waals surface area contributed by atoms with Crippen LogP contribution in [-0.4, -0.2) is 61.4 Å². The summed E-state index contributed by atoms with van der Waals surface area (Å²) in [7, 11) is 1.60. The third-order valence-corrected chi connectivity index (χ3v) is 6.00. The Morgan fingerprint density at radius 1 is 1.03 bits per heavy atom. The highest BCUT2D eigenvalue weighted by molar-refractivity contribution is 6.30. The van der Waals surface area contributed by atoms with Crippen LogP contribution in [0.3, 0.4) is 0 Å². The highest BCUT2D eigenvalue weighted by Crippen LogP contribution is 2.28. The smallest absolute Gasteiger partial charge is 0.232 e. The van der Waals surface area contributed by atoms with Crippen molar-refractivity contribution in [2.75, 3.05) is 45.2 Å². The number of ether oxygens (including phenoxy) is 1. The molecule has 166 valence electrons. The van der Waals surface area contributed by atoms with Gasteiger partial charge in [-0.25, -0.2) is 0 Å². The van der Waals surface area contributed by atoms with Gasteiger partial charge in [0.2, 0.25) is 11.8 Å². The Balaban J connectivity index is 1.49. The summed E-state index contributed by atoms with van der Waals surface area (Å²) in [5.41, 5.74) is 1.18. The average molecular weight is 444 g/mol. The van der Waals surface area contributed by atoms with Gasteiger partial charge < -0.3 is 19.9 Å². The van der Waals surface area contributed by atoms with E-state index in [0.717, 1.165) is 11.3 Å². The van der Waals surface area contributed by atoms with Crippen LogP contribution >= 0.6 is 11.6 Å². The van der Waals surface area contributed by atoms with Gasteiger partial charge in [-0.05, 0) is 37.6 Å². The summed E-state index contributed by atoms with van der Waals surface area (Å²) in [5, 5.41) is 3.82. The van der Waals surface area contributed by atoms with Crippen LogP contribution in [0.15, 0.2) is 48.5 Å². The molecule has 7 heteroatoms. The molecule has 1 aliphatic heterocycles. The first-order valence-corrected chi connectivity index (χ1v) is 10.9. The number of benzene rings is 2. The topological polar surface area (TPSA) is 61.9 Å². The zero-order valence-corrected chi connectivity index (χ0v) is 19.1. The second-order valence-electron chi connectivity index (χ2n) is 8.19. The SMILES string of the molecule is COc1ccc(Cl)cc1NCCC(=O)N1CCN(C(=O)C(C)(C)c2ccccc2)CC1. The van der Waals surface area contributed by atoms with E-state index in [1.807, 2.05) is 54.0 Å². The van der Waals surface area contributed by atoms with E-state index >= 15 is 0 Å². The Morgan fingerprint density at radius 3 is 2.32 bits per heavy atom. The number of carbonyl (C=O) groups is 2. The van der Waals surface area contributed by atoms with Crippen LogP contribution in [0.4, 0.5) is 5.69 Å². The van der Waals surface area contributed by atoms with Crippen LogP contribution < -0.4 is 10.1 Å². The zero-order chi connectivity index (χ0) is 22.4. The first-order chi connectivity index (χ1) is 14.8. The fraction of sp³-hybridized carbons (Fsp3) is 0.417. The third-order valence-electron chi connectivity index (χ3n) is 5.77. The van der Waals surface area contributed by atoms with Crippen molar-refractivity contribution in [3.63, 3.8) is 0 Å². The number of amides is 2. The molecule has 1 heterocycles. The van der Waals surface area contributed by atoms with Gasteiger partial charge in [0.15, 0.2) is 0 Å². The van der Waals surface area contributed by atoms with Crippen molar-refractivity contribution in [2.24, 2.45) is 0 Å². The van der Waals surface area contributed by atoms with Crippen LogP contribution in [-0.2, 0) is 15.0 Å². The quantitative estimate of drug-likeness (QED) is 0.707. The van der Waals surface area contributed by atoms with Crippen molar-refractivity contribution in [1.29, 1.82) is 0 Å². The Hall–Kier alpha value is -2.73. The molecule has 0 spiro atoms. The van der Waals surface area contributed by atoms with E-state index in [-0.39, 0.29) is 11.8 Å². The van der Waals surface area contributed by atoms with E-state index < -0.39 is 5.41 Å². The number of hydrogen-bond acceptors (Lipinski definition) is 4. The molecule has 1 aliphatic rings. The zero-order valence-electron chi connectivity index (χ0n) is 18.4. The third kappa shape index (κ3) is 5.50. The summed E-state index contributed by atoms with van der Waals surface area (Å²) < 4.78 is 5.31. The fourth-order valence-corrected chi connectivity index (χ4v) is 3.99. The minimum absolute atomic E-state index is 0.0721. The second-order valence-corrected chi connectivity index (χ2v) is 8.62. The number of nitrogens with zero attached hydrogens (tertiary/aromatic N) is 2. The number of halogens is 1. The van der Waals surface area contributed by atoms with Gasteiger partial charge in [-0.1, -0.05) is 41.9 Å². The number of hydrogen-bond donors (Lipinski definition) is 1. The molecule has 0 radical (unpaired) electrons. The molecule has 0 bridgehead atoms. The summed E-state index contributed by atoms with van der Waals surface area (Å²) in [6.45, 7) is 6.60. The van der Waals surface area contributed by atoms with Crippen LogP contribution in [0.5, 0.6) is 5.75 Å². The standard InChI is InChI=1S/C24H30ClN3O3/c1-24(2,18-7-5-4-6-8-18)23(30)28-15-13-27(14-16-28)22(29)11-12-26-20-17-19(25)9-10-21(20)31-3/h4-10,17,26H,11-16H2,1-3H3. The number of anilines is 1. The molecule has 1 saturated heterocycles. The van der Waals surface area contributed by atoms with E-state index in [2.05, 4.69) is 5.32 Å². The van der Waals surface area contributed by atoms with Gasteiger partial charge in [-0.2, -0.15) is 0 Å². The Kier molecular flexibility index (Phi) is 7.44. The molecule has 3 rings (SSSR count). The molecule has 1 fully saturated rings. The van der Waals surface area contributed by atoms with Crippen molar-refractivity contribution >= 4 is 29.1 Å². The maximum absolute atomic E-state index is 13.1. The molecular formula is C24H30ClN3O3. The first kappa shape index (κ1) is 22.9. The summed E-state index contributed by atoms with van der Waals surface area (Å²) in [4.78, 5) is 29.4.